The minimum Gasteiger partial charge on any atom is -0.491 e. The molecule has 3 nitrogen and oxygen atoms in total. The fourth-order valence-electron chi connectivity index (χ4n) is 3.38. The second-order valence-corrected chi connectivity index (χ2v) is 9.19. The van der Waals surface area contributed by atoms with E-state index in [-0.39, 0.29) is 16.1 Å². The third-order valence-corrected chi connectivity index (χ3v) is 6.30. The van der Waals surface area contributed by atoms with Gasteiger partial charge < -0.3 is 14.9 Å². The average Bonchev–Trinajstić information content (AvgIpc) is 3.01. The standard InChI is InChI=1S/C21H21F4IO3/c1-20(2,28)17(27)10-29-12-5-3-11(4-6-12)18-13-7-8-16(26)19(13)15(22)9-14(18)21(23,24)25/h3-6,9,16-17,27-28H,7-8,10H2,1-2H3/t16?,17-/m1/s1. The molecule has 3 rings (SSSR count). The van der Waals surface area contributed by atoms with Crippen LogP contribution in [0.5, 0.6) is 5.75 Å². The van der Waals surface area contributed by atoms with Crippen LogP contribution in [-0.4, -0.2) is 28.5 Å². The van der Waals surface area contributed by atoms with E-state index < -0.39 is 29.3 Å². The topological polar surface area (TPSA) is 49.7 Å². The summed E-state index contributed by atoms with van der Waals surface area (Å²) in [5, 5.41) is 19.6. The normalized spacial score (nSPS) is 17.9. The lowest BCUT2D eigenvalue weighted by Gasteiger charge is -2.24. The summed E-state index contributed by atoms with van der Waals surface area (Å²) in [6.45, 7) is 2.72. The summed E-state index contributed by atoms with van der Waals surface area (Å²) < 4.78 is 60.6. The molecule has 0 saturated heterocycles. The largest absolute Gasteiger partial charge is 0.491 e. The average molecular weight is 524 g/mol. The van der Waals surface area contributed by atoms with Gasteiger partial charge in [-0.1, -0.05) is 34.7 Å². The predicted octanol–water partition coefficient (Wildman–Crippen LogP) is 5.44. The van der Waals surface area contributed by atoms with Gasteiger partial charge in [-0.05, 0) is 61.6 Å². The van der Waals surface area contributed by atoms with E-state index in [1.807, 2.05) is 0 Å². The van der Waals surface area contributed by atoms with Gasteiger partial charge in [-0.25, -0.2) is 4.39 Å². The highest BCUT2D eigenvalue weighted by atomic mass is 127. The van der Waals surface area contributed by atoms with Crippen LogP contribution >= 0.6 is 22.6 Å². The molecule has 2 N–H and O–H groups in total. The van der Waals surface area contributed by atoms with Gasteiger partial charge in [0.25, 0.3) is 0 Å². The lowest BCUT2D eigenvalue weighted by molar-refractivity contribution is -0.137. The number of halogens is 5. The van der Waals surface area contributed by atoms with Crippen LogP contribution in [0, 0.1) is 5.82 Å². The van der Waals surface area contributed by atoms with Gasteiger partial charge in [-0.2, -0.15) is 13.2 Å². The van der Waals surface area contributed by atoms with Crippen molar-refractivity contribution < 1.29 is 32.5 Å². The molecule has 0 saturated carbocycles. The molecule has 0 heterocycles. The molecular weight excluding hydrogens is 503 g/mol. The first-order valence-electron chi connectivity index (χ1n) is 9.09. The molecule has 0 fully saturated rings. The van der Waals surface area contributed by atoms with Crippen molar-refractivity contribution in [1.82, 2.24) is 0 Å². The smallest absolute Gasteiger partial charge is 0.417 e. The van der Waals surface area contributed by atoms with E-state index in [4.69, 9.17) is 4.74 Å². The van der Waals surface area contributed by atoms with Crippen LogP contribution in [-0.2, 0) is 12.6 Å². The van der Waals surface area contributed by atoms with Crippen molar-refractivity contribution in [2.45, 2.75) is 48.5 Å². The van der Waals surface area contributed by atoms with Crippen molar-refractivity contribution in [3.05, 3.63) is 52.8 Å². The zero-order chi connectivity index (χ0) is 21.6. The maximum atomic E-state index is 14.4. The number of rotatable bonds is 5. The molecule has 8 heteroatoms. The van der Waals surface area contributed by atoms with Crippen LogP contribution in [0.25, 0.3) is 11.1 Å². The number of aliphatic hydroxyl groups is 2. The summed E-state index contributed by atoms with van der Waals surface area (Å²) >= 11 is 2.06. The van der Waals surface area contributed by atoms with Crippen LogP contribution in [0.2, 0.25) is 0 Å². The molecule has 0 spiro atoms. The first-order chi connectivity index (χ1) is 13.4. The Morgan fingerprint density at radius 3 is 2.38 bits per heavy atom. The maximum absolute atomic E-state index is 14.4. The summed E-state index contributed by atoms with van der Waals surface area (Å²) in [7, 11) is 0. The molecule has 0 bridgehead atoms. The highest BCUT2D eigenvalue weighted by Crippen LogP contribution is 2.48. The molecule has 0 radical (unpaired) electrons. The first kappa shape index (κ1) is 22.3. The van der Waals surface area contributed by atoms with Gasteiger partial charge in [0.2, 0.25) is 0 Å². The van der Waals surface area contributed by atoms with Crippen molar-refractivity contribution in [2.75, 3.05) is 6.61 Å². The molecule has 0 aromatic heterocycles. The molecule has 1 unspecified atom stereocenters. The molecule has 0 amide bonds. The van der Waals surface area contributed by atoms with E-state index in [1.54, 1.807) is 0 Å². The Morgan fingerprint density at radius 1 is 1.21 bits per heavy atom. The van der Waals surface area contributed by atoms with E-state index in [0.717, 1.165) is 0 Å². The molecule has 2 aromatic rings. The highest BCUT2D eigenvalue weighted by molar-refractivity contribution is 14.1. The van der Waals surface area contributed by atoms with Crippen molar-refractivity contribution >= 4 is 22.6 Å². The monoisotopic (exact) mass is 524 g/mol. The summed E-state index contributed by atoms with van der Waals surface area (Å²) in [4.78, 5) is 0. The van der Waals surface area contributed by atoms with E-state index in [9.17, 15) is 27.8 Å². The summed E-state index contributed by atoms with van der Waals surface area (Å²) in [5.41, 5.74) is -1.23. The Kier molecular flexibility index (Phi) is 6.18. The zero-order valence-corrected chi connectivity index (χ0v) is 18.0. The third kappa shape index (κ3) is 4.69. The van der Waals surface area contributed by atoms with Gasteiger partial charge in [0.1, 0.15) is 24.3 Å². The first-order valence-corrected chi connectivity index (χ1v) is 10.3. The molecular formula is C21H21F4IO3. The van der Waals surface area contributed by atoms with Gasteiger partial charge in [-0.3, -0.25) is 0 Å². The van der Waals surface area contributed by atoms with Crippen molar-refractivity contribution in [1.29, 1.82) is 0 Å². The SMILES string of the molecule is CC(C)(O)[C@H](O)COc1ccc(-c2c(C(F)(F)F)cc(F)c3c2CCC3I)cc1. The Morgan fingerprint density at radius 2 is 1.83 bits per heavy atom. The summed E-state index contributed by atoms with van der Waals surface area (Å²) in [5.74, 6) is -0.468. The molecule has 2 atom stereocenters. The minimum absolute atomic E-state index is 0.0103. The number of ether oxygens (including phenoxy) is 1. The Hall–Kier alpha value is -1.39. The second kappa shape index (κ2) is 8.03. The number of alkyl halides is 4. The van der Waals surface area contributed by atoms with Gasteiger partial charge in [-0.15, -0.1) is 0 Å². The van der Waals surface area contributed by atoms with Gasteiger partial charge in [0.05, 0.1) is 11.2 Å². The molecule has 1 aliphatic carbocycles. The fraction of sp³-hybridized carbons (Fsp3) is 0.429. The van der Waals surface area contributed by atoms with Crippen molar-refractivity contribution in [3.63, 3.8) is 0 Å². The number of aliphatic hydroxyl groups excluding tert-OH is 1. The number of benzene rings is 2. The lowest BCUT2D eigenvalue weighted by Crippen LogP contribution is -2.40. The van der Waals surface area contributed by atoms with Crippen LogP contribution in [0.15, 0.2) is 30.3 Å². The Bertz CT molecular complexity index is 889. The highest BCUT2D eigenvalue weighted by Gasteiger charge is 2.39. The van der Waals surface area contributed by atoms with Crippen molar-refractivity contribution in [2.24, 2.45) is 0 Å². The number of hydrogen-bond donors (Lipinski definition) is 2. The fourth-order valence-corrected chi connectivity index (χ4v) is 4.37. The van der Waals surface area contributed by atoms with E-state index >= 15 is 0 Å². The lowest BCUT2D eigenvalue weighted by atomic mass is 9.91. The van der Waals surface area contributed by atoms with E-state index in [0.29, 0.717) is 41.3 Å². The predicted molar refractivity (Wildman–Crippen MR) is 110 cm³/mol. The van der Waals surface area contributed by atoms with Crippen LogP contribution in [0.4, 0.5) is 17.6 Å². The van der Waals surface area contributed by atoms with E-state index in [2.05, 4.69) is 22.6 Å². The van der Waals surface area contributed by atoms with Crippen LogP contribution in [0.1, 0.15) is 40.9 Å². The Balaban J connectivity index is 1.97. The van der Waals surface area contributed by atoms with Gasteiger partial charge in [0.15, 0.2) is 0 Å². The summed E-state index contributed by atoms with van der Waals surface area (Å²) in [6.07, 6.45) is -4.83. The molecule has 158 valence electrons. The third-order valence-electron chi connectivity index (χ3n) is 5.06. The summed E-state index contributed by atoms with van der Waals surface area (Å²) in [6, 6.07) is 6.58. The van der Waals surface area contributed by atoms with E-state index in [1.165, 1.54) is 38.1 Å². The quantitative estimate of drug-likeness (QED) is 0.311. The molecule has 0 aliphatic heterocycles. The maximum Gasteiger partial charge on any atom is 0.417 e. The van der Waals surface area contributed by atoms with Crippen LogP contribution < -0.4 is 4.74 Å². The molecule has 1 aliphatic rings. The number of fused-ring (bicyclic) bond motifs is 1. The molecule has 29 heavy (non-hydrogen) atoms. The Labute approximate surface area is 179 Å². The zero-order valence-electron chi connectivity index (χ0n) is 15.9. The van der Waals surface area contributed by atoms with Crippen LogP contribution in [0.3, 0.4) is 0 Å². The van der Waals surface area contributed by atoms with Gasteiger partial charge in [0, 0.05) is 9.49 Å². The van der Waals surface area contributed by atoms with Gasteiger partial charge >= 0.3 is 6.18 Å². The second-order valence-electron chi connectivity index (χ2n) is 7.68. The molecule has 2 aromatic carbocycles. The minimum atomic E-state index is -4.68. The number of hydrogen-bond acceptors (Lipinski definition) is 3. The van der Waals surface area contributed by atoms with Crippen molar-refractivity contribution in [3.8, 4) is 16.9 Å².